The van der Waals surface area contributed by atoms with Crippen LogP contribution in [-0.2, 0) is 9.84 Å². The number of pyridine rings is 1. The highest BCUT2D eigenvalue weighted by Gasteiger charge is 2.28. The maximum Gasteiger partial charge on any atom is 0.253 e. The van der Waals surface area contributed by atoms with Gasteiger partial charge in [-0.2, -0.15) is 0 Å². The van der Waals surface area contributed by atoms with Crippen molar-refractivity contribution in [2.24, 2.45) is 11.8 Å². The average Bonchev–Trinajstić information content (AvgIpc) is 2.75. The molecular formula is C11H16N4O3S. The van der Waals surface area contributed by atoms with Crippen molar-refractivity contribution in [1.29, 1.82) is 0 Å². The zero-order valence-electron chi connectivity index (χ0n) is 10.3. The quantitative estimate of drug-likeness (QED) is 0.509. The van der Waals surface area contributed by atoms with E-state index in [1.807, 2.05) is 0 Å². The Labute approximate surface area is 111 Å². The third kappa shape index (κ3) is 3.42. The van der Waals surface area contributed by atoms with Crippen LogP contribution in [0.15, 0.2) is 18.5 Å². The molecule has 4 N–H and O–H groups in total. The summed E-state index contributed by atoms with van der Waals surface area (Å²) < 4.78 is 22.6. The van der Waals surface area contributed by atoms with E-state index in [9.17, 15) is 13.2 Å². The molecule has 1 fully saturated rings. The van der Waals surface area contributed by atoms with Gasteiger partial charge in [-0.05, 0) is 18.4 Å². The lowest BCUT2D eigenvalue weighted by molar-refractivity contribution is 0.0949. The monoisotopic (exact) mass is 284 g/mol. The van der Waals surface area contributed by atoms with Crippen molar-refractivity contribution in [3.63, 3.8) is 0 Å². The number of hydrogen-bond donors (Lipinski definition) is 3. The summed E-state index contributed by atoms with van der Waals surface area (Å²) in [5, 5.41) is 2.73. The van der Waals surface area contributed by atoms with Crippen LogP contribution in [0.2, 0.25) is 0 Å². The van der Waals surface area contributed by atoms with Crippen molar-refractivity contribution in [3.05, 3.63) is 24.0 Å². The largest absolute Gasteiger partial charge is 0.352 e. The van der Waals surface area contributed by atoms with Crippen LogP contribution in [0.1, 0.15) is 16.8 Å². The van der Waals surface area contributed by atoms with Crippen LogP contribution in [-0.4, -0.2) is 37.4 Å². The average molecular weight is 284 g/mol. The van der Waals surface area contributed by atoms with Crippen LogP contribution in [0.5, 0.6) is 0 Å². The fourth-order valence-electron chi connectivity index (χ4n) is 2.07. The predicted octanol–water partition coefficient (Wildman–Crippen LogP) is -0.468. The minimum absolute atomic E-state index is 0.00919. The van der Waals surface area contributed by atoms with Gasteiger partial charge < -0.3 is 10.7 Å². The van der Waals surface area contributed by atoms with Gasteiger partial charge in [-0.15, -0.1) is 0 Å². The number of sulfone groups is 1. The summed E-state index contributed by atoms with van der Waals surface area (Å²) in [5.74, 6) is 5.34. The summed E-state index contributed by atoms with van der Waals surface area (Å²) in [5.41, 5.74) is 3.22. The van der Waals surface area contributed by atoms with Gasteiger partial charge in [0.25, 0.3) is 5.91 Å². The molecule has 1 aliphatic rings. The molecule has 1 aliphatic heterocycles. The number of nitrogens with zero attached hydrogens (tertiary/aromatic N) is 1. The number of rotatable bonds is 4. The first kappa shape index (κ1) is 13.8. The Bertz CT molecular complexity index is 573. The van der Waals surface area contributed by atoms with E-state index in [0.717, 1.165) is 0 Å². The second-order valence-corrected chi connectivity index (χ2v) is 6.77. The van der Waals surface area contributed by atoms with Gasteiger partial charge in [-0.25, -0.2) is 8.42 Å². The summed E-state index contributed by atoms with van der Waals surface area (Å²) in [6, 6.07) is 1.55. The highest BCUT2D eigenvalue weighted by molar-refractivity contribution is 7.91. The molecule has 0 aliphatic carbocycles. The van der Waals surface area contributed by atoms with Gasteiger partial charge in [-0.3, -0.25) is 15.6 Å². The van der Waals surface area contributed by atoms with Crippen molar-refractivity contribution < 1.29 is 13.2 Å². The zero-order chi connectivity index (χ0) is 13.9. The van der Waals surface area contributed by atoms with Crippen LogP contribution in [0.3, 0.4) is 0 Å². The number of anilines is 1. The molecule has 104 valence electrons. The van der Waals surface area contributed by atoms with Crippen molar-refractivity contribution >= 4 is 21.4 Å². The maximum atomic E-state index is 12.0. The third-order valence-corrected chi connectivity index (χ3v) is 4.94. The fourth-order valence-corrected chi connectivity index (χ4v) is 3.93. The molecule has 2 heterocycles. The number of carbonyl (C=O) groups excluding carboxylic acids is 1. The van der Waals surface area contributed by atoms with Gasteiger partial charge in [0.2, 0.25) is 0 Å². The summed E-state index contributed by atoms with van der Waals surface area (Å²) >= 11 is 0. The van der Waals surface area contributed by atoms with Crippen molar-refractivity contribution in [3.8, 4) is 0 Å². The van der Waals surface area contributed by atoms with Crippen molar-refractivity contribution in [2.75, 3.05) is 23.5 Å². The fraction of sp³-hybridized carbons (Fsp3) is 0.455. The first-order valence-corrected chi connectivity index (χ1v) is 7.73. The number of nitrogens with one attached hydrogen (secondary N) is 2. The second kappa shape index (κ2) is 5.54. The van der Waals surface area contributed by atoms with E-state index in [2.05, 4.69) is 15.7 Å². The molecule has 1 aromatic heterocycles. The van der Waals surface area contributed by atoms with Crippen LogP contribution >= 0.6 is 0 Å². The summed E-state index contributed by atoms with van der Waals surface area (Å²) in [4.78, 5) is 15.8. The molecule has 1 aromatic rings. The number of aromatic nitrogens is 1. The number of carbonyl (C=O) groups is 1. The van der Waals surface area contributed by atoms with Crippen molar-refractivity contribution in [2.45, 2.75) is 6.42 Å². The topological polar surface area (TPSA) is 114 Å². The Morgan fingerprint density at radius 3 is 2.95 bits per heavy atom. The molecule has 0 radical (unpaired) electrons. The third-order valence-electron chi connectivity index (χ3n) is 3.10. The van der Waals surface area contributed by atoms with Crippen LogP contribution in [0.4, 0.5) is 5.69 Å². The van der Waals surface area contributed by atoms with Gasteiger partial charge in [0.1, 0.15) is 0 Å². The lowest BCUT2D eigenvalue weighted by Crippen LogP contribution is -2.30. The van der Waals surface area contributed by atoms with Crippen LogP contribution in [0.25, 0.3) is 0 Å². The predicted molar refractivity (Wildman–Crippen MR) is 71.1 cm³/mol. The van der Waals surface area contributed by atoms with Gasteiger partial charge in [-0.1, -0.05) is 0 Å². The van der Waals surface area contributed by atoms with Gasteiger partial charge in [0.05, 0.1) is 29.0 Å². The molecule has 2 rings (SSSR count). The molecule has 0 bridgehead atoms. The van der Waals surface area contributed by atoms with Crippen molar-refractivity contribution in [1.82, 2.24) is 10.3 Å². The lowest BCUT2D eigenvalue weighted by Gasteiger charge is -2.11. The molecular weight excluding hydrogens is 268 g/mol. The minimum Gasteiger partial charge on any atom is -0.352 e. The molecule has 8 heteroatoms. The number of hydrogen-bond acceptors (Lipinski definition) is 6. The smallest absolute Gasteiger partial charge is 0.253 e. The van der Waals surface area contributed by atoms with E-state index >= 15 is 0 Å². The normalized spacial score (nSPS) is 21.0. The Balaban J connectivity index is 1.95. The van der Waals surface area contributed by atoms with E-state index in [1.165, 1.54) is 12.4 Å². The molecule has 19 heavy (non-hydrogen) atoms. The van der Waals surface area contributed by atoms with Crippen LogP contribution in [0, 0.1) is 5.92 Å². The van der Waals surface area contributed by atoms with Gasteiger partial charge >= 0.3 is 0 Å². The number of amides is 1. The first-order valence-electron chi connectivity index (χ1n) is 5.91. The number of hydrazine groups is 1. The van der Waals surface area contributed by atoms with E-state index in [1.54, 1.807) is 6.07 Å². The molecule has 0 spiro atoms. The van der Waals surface area contributed by atoms with Crippen LogP contribution < -0.4 is 16.6 Å². The first-order chi connectivity index (χ1) is 9.02. The Morgan fingerprint density at radius 2 is 2.32 bits per heavy atom. The Hall–Kier alpha value is -1.67. The summed E-state index contributed by atoms with van der Waals surface area (Å²) in [7, 11) is -2.91. The molecule has 1 atom stereocenters. The van der Waals surface area contributed by atoms with Gasteiger partial charge in [0.15, 0.2) is 9.84 Å². The molecule has 1 saturated heterocycles. The molecule has 1 unspecified atom stereocenters. The Kier molecular flexibility index (Phi) is 4.01. The number of nitrogens with two attached hydrogens (primary N) is 1. The molecule has 7 nitrogen and oxygen atoms in total. The highest BCUT2D eigenvalue weighted by Crippen LogP contribution is 2.18. The van der Waals surface area contributed by atoms with E-state index in [4.69, 9.17) is 5.84 Å². The summed E-state index contributed by atoms with van der Waals surface area (Å²) in [6.07, 6.45) is 3.55. The standard InChI is InChI=1S/C11H16N4O3S/c12-15-10-6-13-3-1-9(10)11(16)14-5-8-2-4-19(17,18)7-8/h1,3,6,8,15H,2,4-5,7,12H2,(H,14,16). The van der Waals surface area contributed by atoms with Gasteiger partial charge in [0, 0.05) is 12.7 Å². The SMILES string of the molecule is NNc1cnccc1C(=O)NCC1CCS(=O)(=O)C1. The Morgan fingerprint density at radius 1 is 1.53 bits per heavy atom. The second-order valence-electron chi connectivity index (χ2n) is 4.54. The highest BCUT2D eigenvalue weighted by atomic mass is 32.2. The molecule has 0 saturated carbocycles. The zero-order valence-corrected chi connectivity index (χ0v) is 11.1. The lowest BCUT2D eigenvalue weighted by atomic mass is 10.1. The molecule has 0 aromatic carbocycles. The number of nitrogen functional groups attached to an aromatic ring is 1. The van der Waals surface area contributed by atoms with E-state index in [-0.39, 0.29) is 23.3 Å². The van der Waals surface area contributed by atoms with E-state index in [0.29, 0.717) is 24.2 Å². The molecule has 1 amide bonds. The van der Waals surface area contributed by atoms with E-state index < -0.39 is 9.84 Å². The minimum atomic E-state index is -2.91. The maximum absolute atomic E-state index is 12.0. The summed E-state index contributed by atoms with van der Waals surface area (Å²) in [6.45, 7) is 0.352.